The largest absolute Gasteiger partial charge is 0.481 e. The molecule has 0 saturated heterocycles. The maximum absolute atomic E-state index is 13.1. The Bertz CT molecular complexity index is 533. The van der Waals surface area contributed by atoms with Crippen LogP contribution in [0, 0.1) is 35.0 Å². The number of carbonyl (C=O) groups excluding carboxylic acids is 1. The van der Waals surface area contributed by atoms with Crippen LogP contribution in [-0.2, 0) is 14.3 Å². The average molecular weight is 409 g/mol. The maximum atomic E-state index is 13.1. The topological polar surface area (TPSA) is 63.6 Å². The maximum Gasteiger partial charge on any atom is 0.310 e. The van der Waals surface area contributed by atoms with Crippen LogP contribution in [0.5, 0.6) is 0 Å². The van der Waals surface area contributed by atoms with Crippen LogP contribution in [0.2, 0.25) is 0 Å². The van der Waals surface area contributed by atoms with Gasteiger partial charge in [-0.1, -0.05) is 66.7 Å². The second kappa shape index (κ2) is 10.8. The van der Waals surface area contributed by atoms with Gasteiger partial charge in [0.15, 0.2) is 0 Å². The van der Waals surface area contributed by atoms with Crippen LogP contribution in [0.15, 0.2) is 0 Å². The van der Waals surface area contributed by atoms with Gasteiger partial charge < -0.3 is 9.84 Å². The number of hydrogen-bond acceptors (Lipinski definition) is 3. The number of esters is 1. The van der Waals surface area contributed by atoms with Gasteiger partial charge in [0.1, 0.15) is 6.10 Å². The van der Waals surface area contributed by atoms with E-state index in [1.165, 1.54) is 25.7 Å². The fourth-order valence-corrected chi connectivity index (χ4v) is 5.42. The van der Waals surface area contributed by atoms with Crippen molar-refractivity contribution in [1.82, 2.24) is 0 Å². The molecule has 0 aliphatic heterocycles. The van der Waals surface area contributed by atoms with Crippen molar-refractivity contribution < 1.29 is 19.4 Å². The standard InChI is InChI=1S/C25H44O4/c1-6-8-18-10-12-19(13-11-18)22(16-25(4,5)7-2)29-24(28)20-14-9-17(3)15-21(20)23(26)27/h17-22H,6-16H2,1-5H3,(H,26,27). The van der Waals surface area contributed by atoms with Gasteiger partial charge in [0.25, 0.3) is 0 Å². The summed E-state index contributed by atoms with van der Waals surface area (Å²) in [5.41, 5.74) is 0.124. The van der Waals surface area contributed by atoms with Crippen molar-refractivity contribution in [3.8, 4) is 0 Å². The molecule has 4 unspecified atom stereocenters. The summed E-state index contributed by atoms with van der Waals surface area (Å²) in [5.74, 6) is -0.560. The normalized spacial score (nSPS) is 31.8. The van der Waals surface area contributed by atoms with Crippen molar-refractivity contribution in [3.05, 3.63) is 0 Å². The number of aliphatic carboxylic acids is 1. The van der Waals surface area contributed by atoms with E-state index in [0.29, 0.717) is 24.7 Å². The smallest absolute Gasteiger partial charge is 0.310 e. The predicted molar refractivity (Wildman–Crippen MR) is 117 cm³/mol. The molecule has 4 heteroatoms. The highest BCUT2D eigenvalue weighted by molar-refractivity contribution is 5.81. The first-order valence-electron chi connectivity index (χ1n) is 12.1. The highest BCUT2D eigenvalue weighted by atomic mass is 16.5. The van der Waals surface area contributed by atoms with E-state index in [-0.39, 0.29) is 17.5 Å². The van der Waals surface area contributed by atoms with Crippen molar-refractivity contribution in [2.75, 3.05) is 0 Å². The van der Waals surface area contributed by atoms with Gasteiger partial charge in [-0.25, -0.2) is 0 Å². The molecule has 29 heavy (non-hydrogen) atoms. The first-order chi connectivity index (χ1) is 13.7. The number of hydrogen-bond donors (Lipinski definition) is 1. The molecule has 0 amide bonds. The molecule has 0 aromatic rings. The summed E-state index contributed by atoms with van der Waals surface area (Å²) in [7, 11) is 0. The second-order valence-electron chi connectivity index (χ2n) is 10.7. The third-order valence-corrected chi connectivity index (χ3v) is 7.82. The van der Waals surface area contributed by atoms with Crippen LogP contribution in [0.25, 0.3) is 0 Å². The van der Waals surface area contributed by atoms with E-state index in [0.717, 1.165) is 38.0 Å². The lowest BCUT2D eigenvalue weighted by Crippen LogP contribution is -2.40. The molecule has 2 fully saturated rings. The lowest BCUT2D eigenvalue weighted by molar-refractivity contribution is -0.168. The molecule has 0 bridgehead atoms. The van der Waals surface area contributed by atoms with Crippen LogP contribution in [0.4, 0.5) is 0 Å². The zero-order valence-electron chi connectivity index (χ0n) is 19.4. The van der Waals surface area contributed by atoms with Crippen LogP contribution >= 0.6 is 0 Å². The zero-order valence-corrected chi connectivity index (χ0v) is 19.4. The molecule has 4 atom stereocenters. The van der Waals surface area contributed by atoms with E-state index < -0.39 is 17.8 Å². The number of rotatable bonds is 9. The molecule has 1 N–H and O–H groups in total. The Morgan fingerprint density at radius 3 is 2.24 bits per heavy atom. The Morgan fingerprint density at radius 1 is 1.03 bits per heavy atom. The molecular formula is C25H44O4. The van der Waals surface area contributed by atoms with Crippen LogP contribution < -0.4 is 0 Å². The van der Waals surface area contributed by atoms with Gasteiger partial charge in [0.2, 0.25) is 0 Å². The van der Waals surface area contributed by atoms with Gasteiger partial charge in [-0.15, -0.1) is 0 Å². The summed E-state index contributed by atoms with van der Waals surface area (Å²) < 4.78 is 6.18. The lowest BCUT2D eigenvalue weighted by Gasteiger charge is -2.39. The molecular weight excluding hydrogens is 364 g/mol. The molecule has 0 aromatic carbocycles. The van der Waals surface area contributed by atoms with Gasteiger partial charge in [0, 0.05) is 0 Å². The minimum absolute atomic E-state index is 0.0752. The van der Waals surface area contributed by atoms with Gasteiger partial charge in [0.05, 0.1) is 11.8 Å². The summed E-state index contributed by atoms with van der Waals surface area (Å²) in [6, 6.07) is 0. The van der Waals surface area contributed by atoms with E-state index in [2.05, 4.69) is 34.6 Å². The number of carbonyl (C=O) groups is 2. The minimum atomic E-state index is -0.844. The van der Waals surface area contributed by atoms with Crippen molar-refractivity contribution in [2.24, 2.45) is 35.0 Å². The first-order valence-corrected chi connectivity index (χ1v) is 12.1. The summed E-state index contributed by atoms with van der Waals surface area (Å²) in [5, 5.41) is 9.65. The molecule has 2 rings (SSSR count). The van der Waals surface area contributed by atoms with E-state index >= 15 is 0 Å². The van der Waals surface area contributed by atoms with Crippen molar-refractivity contribution >= 4 is 11.9 Å². The van der Waals surface area contributed by atoms with Crippen LogP contribution in [0.3, 0.4) is 0 Å². The SMILES string of the molecule is CCCC1CCC(C(CC(C)(C)CC)OC(=O)C2CCC(C)CC2C(=O)O)CC1. The molecule has 0 radical (unpaired) electrons. The van der Waals surface area contributed by atoms with E-state index in [9.17, 15) is 14.7 Å². The Kier molecular flexibility index (Phi) is 9.03. The van der Waals surface area contributed by atoms with E-state index in [1.807, 2.05) is 0 Å². The van der Waals surface area contributed by atoms with Crippen LogP contribution in [-0.4, -0.2) is 23.1 Å². The predicted octanol–water partition coefficient (Wildman–Crippen LogP) is 6.47. The first kappa shape index (κ1) is 24.2. The third kappa shape index (κ3) is 7.00. The molecule has 0 heterocycles. The van der Waals surface area contributed by atoms with E-state index in [4.69, 9.17) is 4.74 Å². The van der Waals surface area contributed by atoms with Crippen LogP contribution in [0.1, 0.15) is 105 Å². The minimum Gasteiger partial charge on any atom is -0.481 e. The number of ether oxygens (including phenoxy) is 1. The molecule has 2 aliphatic rings. The fourth-order valence-electron chi connectivity index (χ4n) is 5.42. The monoisotopic (exact) mass is 408 g/mol. The quantitative estimate of drug-likeness (QED) is 0.444. The summed E-state index contributed by atoms with van der Waals surface area (Å²) in [6.45, 7) is 11.0. The summed E-state index contributed by atoms with van der Waals surface area (Å²) >= 11 is 0. The number of carboxylic acids is 1. The molecule has 2 aliphatic carbocycles. The van der Waals surface area contributed by atoms with E-state index in [1.54, 1.807) is 0 Å². The van der Waals surface area contributed by atoms with Gasteiger partial charge in [-0.05, 0) is 61.7 Å². The lowest BCUT2D eigenvalue weighted by atomic mass is 9.73. The average Bonchev–Trinajstić information content (AvgIpc) is 2.68. The fraction of sp³-hybridized carbons (Fsp3) is 0.920. The Morgan fingerprint density at radius 2 is 1.69 bits per heavy atom. The highest BCUT2D eigenvalue weighted by Crippen LogP contribution is 2.40. The molecule has 0 aromatic heterocycles. The Hall–Kier alpha value is -1.06. The van der Waals surface area contributed by atoms with Crippen molar-refractivity contribution in [1.29, 1.82) is 0 Å². The molecule has 0 spiro atoms. The highest BCUT2D eigenvalue weighted by Gasteiger charge is 2.41. The van der Waals surface area contributed by atoms with Gasteiger partial charge in [-0.3, -0.25) is 9.59 Å². The molecule has 2 saturated carbocycles. The van der Waals surface area contributed by atoms with Gasteiger partial charge in [-0.2, -0.15) is 0 Å². The summed E-state index contributed by atoms with van der Waals surface area (Å²) in [6.07, 6.45) is 11.3. The van der Waals surface area contributed by atoms with Crippen molar-refractivity contribution in [2.45, 2.75) is 111 Å². The Labute approximate surface area is 178 Å². The second-order valence-corrected chi connectivity index (χ2v) is 10.7. The molecule has 4 nitrogen and oxygen atoms in total. The Balaban J connectivity index is 2.08. The molecule has 168 valence electrons. The van der Waals surface area contributed by atoms with Gasteiger partial charge >= 0.3 is 11.9 Å². The number of carboxylic acid groups (broad SMARTS) is 1. The third-order valence-electron chi connectivity index (χ3n) is 7.82. The van der Waals surface area contributed by atoms with Crippen molar-refractivity contribution in [3.63, 3.8) is 0 Å². The summed E-state index contributed by atoms with van der Waals surface area (Å²) in [4.78, 5) is 24.9. The zero-order chi connectivity index (χ0) is 21.6.